The molecule has 1 aromatic carbocycles. The molecule has 4 heteroatoms. The van der Waals surface area contributed by atoms with E-state index in [9.17, 15) is 4.79 Å². The molecule has 0 fully saturated rings. The molecule has 0 saturated heterocycles. The number of amides is 1. The third-order valence-corrected chi connectivity index (χ3v) is 3.81. The minimum atomic E-state index is 0.0200. The third-order valence-electron chi connectivity index (χ3n) is 3.81. The second kappa shape index (κ2) is 5.12. The minimum absolute atomic E-state index is 0.0200. The van der Waals surface area contributed by atoms with Gasteiger partial charge in [-0.2, -0.15) is 5.10 Å². The first kappa shape index (κ1) is 12.9. The van der Waals surface area contributed by atoms with Crippen LogP contribution in [0.5, 0.6) is 0 Å². The summed E-state index contributed by atoms with van der Waals surface area (Å²) < 4.78 is 1.79. The molecule has 0 atom stereocenters. The number of benzene rings is 1. The summed E-state index contributed by atoms with van der Waals surface area (Å²) in [4.78, 5) is 12.2. The lowest BCUT2D eigenvalue weighted by Crippen LogP contribution is -2.17. The van der Waals surface area contributed by atoms with Gasteiger partial charge >= 0.3 is 0 Å². The summed E-state index contributed by atoms with van der Waals surface area (Å²) in [7, 11) is 1.89. The average Bonchev–Trinajstić information content (AvgIpc) is 2.96. The van der Waals surface area contributed by atoms with Gasteiger partial charge in [-0.05, 0) is 31.7 Å². The van der Waals surface area contributed by atoms with E-state index >= 15 is 0 Å². The molecule has 1 aliphatic carbocycles. The Kier molecular flexibility index (Phi) is 3.30. The Balaban J connectivity index is 1.72. The lowest BCUT2D eigenvalue weighted by molar-refractivity contribution is -0.115. The van der Waals surface area contributed by atoms with Crippen LogP contribution in [-0.4, -0.2) is 15.7 Å². The van der Waals surface area contributed by atoms with Crippen molar-refractivity contribution in [2.24, 2.45) is 7.05 Å². The van der Waals surface area contributed by atoms with Gasteiger partial charge in [0.05, 0.1) is 12.1 Å². The zero-order chi connectivity index (χ0) is 14.1. The predicted molar refractivity (Wildman–Crippen MR) is 78.7 cm³/mol. The number of hydrogen-bond donors (Lipinski definition) is 1. The van der Waals surface area contributed by atoms with Crippen molar-refractivity contribution >= 4 is 11.7 Å². The second-order valence-corrected chi connectivity index (χ2v) is 5.46. The number of carbonyl (C=O) groups is 1. The van der Waals surface area contributed by atoms with Crippen LogP contribution in [0.3, 0.4) is 0 Å². The first-order valence-electron chi connectivity index (χ1n) is 7.03. The normalized spacial score (nSPS) is 13.3. The largest absolute Gasteiger partial charge is 0.310 e. The molecular weight excluding hydrogens is 250 g/mol. The highest BCUT2D eigenvalue weighted by atomic mass is 16.1. The van der Waals surface area contributed by atoms with Gasteiger partial charge < -0.3 is 5.32 Å². The van der Waals surface area contributed by atoms with Crippen LogP contribution in [0.4, 0.5) is 5.82 Å². The molecule has 1 aliphatic rings. The second-order valence-electron chi connectivity index (χ2n) is 5.46. The molecule has 0 spiro atoms. The van der Waals surface area contributed by atoms with Gasteiger partial charge in [0.1, 0.15) is 5.82 Å². The number of fused-ring (bicyclic) bond motifs is 1. The third kappa shape index (κ3) is 2.46. The van der Waals surface area contributed by atoms with E-state index in [0.717, 1.165) is 36.3 Å². The summed E-state index contributed by atoms with van der Waals surface area (Å²) in [5.41, 5.74) is 4.59. The van der Waals surface area contributed by atoms with Crippen molar-refractivity contribution in [2.45, 2.75) is 32.6 Å². The molecule has 1 N–H and O–H groups in total. The molecule has 4 nitrogen and oxygen atoms in total. The van der Waals surface area contributed by atoms with Crippen LogP contribution in [0.2, 0.25) is 0 Å². The lowest BCUT2D eigenvalue weighted by Gasteiger charge is -2.08. The quantitative estimate of drug-likeness (QED) is 0.930. The van der Waals surface area contributed by atoms with Crippen molar-refractivity contribution in [3.05, 3.63) is 46.6 Å². The van der Waals surface area contributed by atoms with Gasteiger partial charge in [-0.3, -0.25) is 9.48 Å². The predicted octanol–water partition coefficient (Wildman–Crippen LogP) is 2.40. The summed E-state index contributed by atoms with van der Waals surface area (Å²) in [6.45, 7) is 2.04. The molecular formula is C16H19N3O. The van der Waals surface area contributed by atoms with Gasteiger partial charge in [-0.25, -0.2) is 0 Å². The van der Waals surface area contributed by atoms with E-state index in [1.807, 2.05) is 38.2 Å². The van der Waals surface area contributed by atoms with Crippen LogP contribution >= 0.6 is 0 Å². The summed E-state index contributed by atoms with van der Waals surface area (Å²) in [5.74, 6) is 0.890. The smallest absolute Gasteiger partial charge is 0.229 e. The number of anilines is 1. The molecule has 0 saturated carbocycles. The van der Waals surface area contributed by atoms with Crippen molar-refractivity contribution < 1.29 is 4.79 Å². The van der Waals surface area contributed by atoms with E-state index in [0.29, 0.717) is 6.42 Å². The fourth-order valence-electron chi connectivity index (χ4n) is 2.74. The van der Waals surface area contributed by atoms with E-state index < -0.39 is 0 Å². The first-order chi connectivity index (χ1) is 9.63. The average molecular weight is 269 g/mol. The Bertz CT molecular complexity index is 640. The van der Waals surface area contributed by atoms with E-state index in [4.69, 9.17) is 0 Å². The standard InChI is InChI=1S/C16H19N3O/c1-11-6-8-12(9-7-11)10-15(20)17-16-13-4-3-5-14(13)18-19(16)2/h6-9H,3-5,10H2,1-2H3,(H,17,20). The Hall–Kier alpha value is -2.10. The highest BCUT2D eigenvalue weighted by Crippen LogP contribution is 2.28. The summed E-state index contributed by atoms with van der Waals surface area (Å²) in [5, 5.41) is 7.48. The zero-order valence-electron chi connectivity index (χ0n) is 11.9. The van der Waals surface area contributed by atoms with Gasteiger partial charge in [0.2, 0.25) is 5.91 Å². The Labute approximate surface area is 118 Å². The summed E-state index contributed by atoms with van der Waals surface area (Å²) in [6.07, 6.45) is 3.58. The van der Waals surface area contributed by atoms with Crippen LogP contribution in [0.1, 0.15) is 28.8 Å². The molecule has 3 rings (SSSR count). The molecule has 0 unspecified atom stereocenters. The van der Waals surface area contributed by atoms with E-state index in [1.165, 1.54) is 11.1 Å². The minimum Gasteiger partial charge on any atom is -0.310 e. The van der Waals surface area contributed by atoms with E-state index in [-0.39, 0.29) is 5.91 Å². The van der Waals surface area contributed by atoms with Gasteiger partial charge in [0.15, 0.2) is 0 Å². The highest BCUT2D eigenvalue weighted by Gasteiger charge is 2.21. The maximum Gasteiger partial charge on any atom is 0.229 e. The van der Waals surface area contributed by atoms with Crippen LogP contribution in [0.15, 0.2) is 24.3 Å². The van der Waals surface area contributed by atoms with Crippen molar-refractivity contribution in [1.82, 2.24) is 9.78 Å². The first-order valence-corrected chi connectivity index (χ1v) is 7.03. The molecule has 1 aromatic heterocycles. The fraction of sp³-hybridized carbons (Fsp3) is 0.375. The summed E-state index contributed by atoms with van der Waals surface area (Å²) >= 11 is 0. The molecule has 0 aliphatic heterocycles. The van der Waals surface area contributed by atoms with Crippen LogP contribution < -0.4 is 5.32 Å². The van der Waals surface area contributed by atoms with E-state index in [2.05, 4.69) is 10.4 Å². The van der Waals surface area contributed by atoms with Gasteiger partial charge in [0.25, 0.3) is 0 Å². The topological polar surface area (TPSA) is 46.9 Å². The zero-order valence-corrected chi connectivity index (χ0v) is 11.9. The summed E-state index contributed by atoms with van der Waals surface area (Å²) in [6, 6.07) is 8.07. The van der Waals surface area contributed by atoms with Gasteiger partial charge in [-0.15, -0.1) is 0 Å². The maximum absolute atomic E-state index is 12.2. The van der Waals surface area contributed by atoms with Crippen molar-refractivity contribution in [3.8, 4) is 0 Å². The van der Waals surface area contributed by atoms with Gasteiger partial charge in [0, 0.05) is 12.6 Å². The number of aromatic nitrogens is 2. The number of nitrogens with zero attached hydrogens (tertiary/aromatic N) is 2. The van der Waals surface area contributed by atoms with Crippen molar-refractivity contribution in [1.29, 1.82) is 0 Å². The lowest BCUT2D eigenvalue weighted by atomic mass is 10.1. The van der Waals surface area contributed by atoms with E-state index in [1.54, 1.807) is 4.68 Å². The van der Waals surface area contributed by atoms with Crippen LogP contribution in [-0.2, 0) is 31.1 Å². The molecule has 0 bridgehead atoms. The van der Waals surface area contributed by atoms with Crippen molar-refractivity contribution in [2.75, 3.05) is 5.32 Å². The Morgan fingerprint density at radius 1 is 1.30 bits per heavy atom. The number of aryl methyl sites for hydroxylation is 3. The maximum atomic E-state index is 12.2. The molecule has 104 valence electrons. The van der Waals surface area contributed by atoms with Crippen LogP contribution in [0.25, 0.3) is 0 Å². The molecule has 20 heavy (non-hydrogen) atoms. The molecule has 0 radical (unpaired) electrons. The number of carbonyl (C=O) groups excluding carboxylic acids is 1. The van der Waals surface area contributed by atoms with Crippen molar-refractivity contribution in [3.63, 3.8) is 0 Å². The highest BCUT2D eigenvalue weighted by molar-refractivity contribution is 5.92. The fourth-order valence-corrected chi connectivity index (χ4v) is 2.74. The number of nitrogens with one attached hydrogen (secondary N) is 1. The SMILES string of the molecule is Cc1ccc(CC(=O)Nc2c3c(nn2C)CCC3)cc1. The monoisotopic (exact) mass is 269 g/mol. The number of hydrogen-bond acceptors (Lipinski definition) is 2. The Morgan fingerprint density at radius 2 is 2.05 bits per heavy atom. The number of rotatable bonds is 3. The molecule has 1 amide bonds. The Morgan fingerprint density at radius 3 is 2.80 bits per heavy atom. The molecule has 1 heterocycles. The van der Waals surface area contributed by atoms with Gasteiger partial charge in [-0.1, -0.05) is 29.8 Å². The molecule has 2 aromatic rings. The van der Waals surface area contributed by atoms with Crippen LogP contribution in [0, 0.1) is 6.92 Å².